The normalized spacial score (nSPS) is 46.1. The summed E-state index contributed by atoms with van der Waals surface area (Å²) in [4.78, 5) is 0. The number of quaternary nitrogens is 1. The topological polar surface area (TPSA) is 0 Å². The molecule has 0 amide bonds. The van der Waals surface area contributed by atoms with Gasteiger partial charge in [-0.15, -0.1) is 0 Å². The molecule has 2 bridgehead atoms. The summed E-state index contributed by atoms with van der Waals surface area (Å²) in [6.07, 6.45) is 9.43. The van der Waals surface area contributed by atoms with Crippen LogP contribution in [0.3, 0.4) is 0 Å². The standard InChI is InChI=1S/C11H20N/c1-3-9-12(2)10-5-4-6-11(12)8-7-10/h3,10-11H,1,4-9H2,2H3/q+1. The Kier molecular flexibility index (Phi) is 1.99. The Morgan fingerprint density at radius 2 is 1.83 bits per heavy atom. The van der Waals surface area contributed by atoms with Crippen molar-refractivity contribution in [1.82, 2.24) is 0 Å². The van der Waals surface area contributed by atoms with Gasteiger partial charge in [0.25, 0.3) is 0 Å². The Balaban J connectivity index is 2.17. The van der Waals surface area contributed by atoms with Crippen LogP contribution in [0.4, 0.5) is 0 Å². The van der Waals surface area contributed by atoms with E-state index in [0.717, 1.165) is 12.1 Å². The predicted octanol–water partition coefficient (Wildman–Crippen LogP) is 2.33. The van der Waals surface area contributed by atoms with Crippen molar-refractivity contribution in [3.63, 3.8) is 0 Å². The van der Waals surface area contributed by atoms with Crippen LogP contribution in [0.15, 0.2) is 12.7 Å². The van der Waals surface area contributed by atoms with E-state index in [1.54, 1.807) is 0 Å². The third-order valence-electron chi connectivity index (χ3n) is 4.10. The van der Waals surface area contributed by atoms with E-state index >= 15 is 0 Å². The Bertz CT molecular complexity index is 169. The molecule has 68 valence electrons. The van der Waals surface area contributed by atoms with Gasteiger partial charge in [-0.2, -0.15) is 0 Å². The number of nitrogens with zero attached hydrogens (tertiary/aromatic N) is 1. The van der Waals surface area contributed by atoms with Crippen molar-refractivity contribution in [2.45, 2.75) is 44.2 Å². The first-order chi connectivity index (χ1) is 5.77. The van der Waals surface area contributed by atoms with Crippen molar-refractivity contribution in [2.24, 2.45) is 0 Å². The predicted molar refractivity (Wildman–Crippen MR) is 51.9 cm³/mol. The van der Waals surface area contributed by atoms with Crippen LogP contribution in [0.25, 0.3) is 0 Å². The van der Waals surface area contributed by atoms with Crippen LogP contribution in [0.5, 0.6) is 0 Å². The Morgan fingerprint density at radius 1 is 1.25 bits per heavy atom. The Labute approximate surface area is 75.7 Å². The van der Waals surface area contributed by atoms with Crippen molar-refractivity contribution >= 4 is 0 Å². The van der Waals surface area contributed by atoms with Crippen LogP contribution in [0.2, 0.25) is 0 Å². The molecule has 2 aliphatic heterocycles. The first-order valence-electron chi connectivity index (χ1n) is 5.23. The van der Waals surface area contributed by atoms with Crippen LogP contribution >= 0.6 is 0 Å². The van der Waals surface area contributed by atoms with Crippen molar-refractivity contribution in [3.05, 3.63) is 12.7 Å². The highest BCUT2D eigenvalue weighted by atomic mass is 15.4. The molecule has 0 aliphatic carbocycles. The monoisotopic (exact) mass is 166 g/mol. The minimum atomic E-state index is 0.960. The van der Waals surface area contributed by atoms with E-state index in [0.29, 0.717) is 0 Å². The van der Waals surface area contributed by atoms with Gasteiger partial charge in [-0.05, 0) is 25.3 Å². The molecule has 2 aliphatic rings. The first-order valence-corrected chi connectivity index (χ1v) is 5.23. The summed E-state index contributed by atoms with van der Waals surface area (Å²) in [5, 5.41) is 0. The van der Waals surface area contributed by atoms with Gasteiger partial charge in [0.1, 0.15) is 0 Å². The molecular formula is C11H20N+. The largest absolute Gasteiger partial charge is 0.318 e. The van der Waals surface area contributed by atoms with E-state index < -0.39 is 0 Å². The Hall–Kier alpha value is -0.300. The molecule has 2 heterocycles. The van der Waals surface area contributed by atoms with Gasteiger partial charge in [0.15, 0.2) is 0 Å². The lowest BCUT2D eigenvalue weighted by atomic mass is 10.00. The quantitative estimate of drug-likeness (QED) is 0.436. The minimum absolute atomic E-state index is 0.960. The van der Waals surface area contributed by atoms with Gasteiger partial charge in [-0.3, -0.25) is 0 Å². The van der Waals surface area contributed by atoms with Crippen LogP contribution in [0, 0.1) is 0 Å². The van der Waals surface area contributed by atoms with Gasteiger partial charge >= 0.3 is 0 Å². The molecule has 1 nitrogen and oxygen atoms in total. The number of rotatable bonds is 2. The average Bonchev–Trinajstić information content (AvgIpc) is 2.26. The SMILES string of the molecule is C=CC[N+]1(C)C2CCCC1CC2. The number of fused-ring (bicyclic) bond motifs is 2. The molecule has 2 atom stereocenters. The van der Waals surface area contributed by atoms with E-state index in [9.17, 15) is 0 Å². The summed E-state index contributed by atoms with van der Waals surface area (Å²) in [6.45, 7) is 5.07. The second kappa shape index (κ2) is 2.88. The molecule has 2 saturated heterocycles. The van der Waals surface area contributed by atoms with Gasteiger partial charge in [-0.1, -0.05) is 6.58 Å². The molecule has 0 spiro atoms. The van der Waals surface area contributed by atoms with Gasteiger partial charge in [0.2, 0.25) is 0 Å². The minimum Gasteiger partial charge on any atom is -0.318 e. The highest BCUT2D eigenvalue weighted by Gasteiger charge is 2.47. The van der Waals surface area contributed by atoms with Crippen LogP contribution < -0.4 is 0 Å². The lowest BCUT2D eigenvalue weighted by Gasteiger charge is -2.44. The second-order valence-electron chi connectivity index (χ2n) is 4.63. The van der Waals surface area contributed by atoms with Crippen molar-refractivity contribution in [1.29, 1.82) is 0 Å². The van der Waals surface area contributed by atoms with Crippen molar-refractivity contribution in [3.8, 4) is 0 Å². The molecule has 0 aromatic heterocycles. The molecule has 0 aromatic carbocycles. The molecule has 12 heavy (non-hydrogen) atoms. The third-order valence-corrected chi connectivity index (χ3v) is 4.10. The van der Waals surface area contributed by atoms with E-state index in [2.05, 4.69) is 19.7 Å². The smallest absolute Gasteiger partial charge is 0.0973 e. The van der Waals surface area contributed by atoms with E-state index in [-0.39, 0.29) is 0 Å². The lowest BCUT2D eigenvalue weighted by molar-refractivity contribution is -0.943. The highest BCUT2D eigenvalue weighted by molar-refractivity contribution is 4.83. The number of piperidine rings is 1. The van der Waals surface area contributed by atoms with Crippen molar-refractivity contribution in [2.75, 3.05) is 13.6 Å². The van der Waals surface area contributed by atoms with Gasteiger partial charge in [0, 0.05) is 12.8 Å². The number of hydrogen-bond donors (Lipinski definition) is 0. The van der Waals surface area contributed by atoms with E-state index in [4.69, 9.17) is 0 Å². The van der Waals surface area contributed by atoms with Gasteiger partial charge in [-0.25, -0.2) is 0 Å². The molecule has 2 rings (SSSR count). The second-order valence-corrected chi connectivity index (χ2v) is 4.63. The maximum absolute atomic E-state index is 3.88. The maximum atomic E-state index is 3.88. The fourth-order valence-electron chi connectivity index (χ4n) is 3.32. The van der Waals surface area contributed by atoms with E-state index in [1.165, 1.54) is 43.1 Å². The average molecular weight is 166 g/mol. The zero-order valence-corrected chi connectivity index (χ0v) is 8.13. The zero-order valence-electron chi connectivity index (χ0n) is 8.13. The first kappa shape index (κ1) is 8.31. The summed E-state index contributed by atoms with van der Waals surface area (Å²) < 4.78 is 1.31. The summed E-state index contributed by atoms with van der Waals surface area (Å²) in [5.74, 6) is 0. The molecule has 0 N–H and O–H groups in total. The maximum Gasteiger partial charge on any atom is 0.0973 e. The van der Waals surface area contributed by atoms with Crippen LogP contribution in [-0.4, -0.2) is 30.2 Å². The molecule has 0 radical (unpaired) electrons. The van der Waals surface area contributed by atoms with Crippen LogP contribution in [-0.2, 0) is 0 Å². The molecule has 0 aromatic rings. The fourth-order valence-corrected chi connectivity index (χ4v) is 3.32. The molecule has 0 saturated carbocycles. The van der Waals surface area contributed by atoms with E-state index in [1.807, 2.05) is 0 Å². The van der Waals surface area contributed by atoms with Crippen molar-refractivity contribution < 1.29 is 4.48 Å². The van der Waals surface area contributed by atoms with Gasteiger partial charge < -0.3 is 4.48 Å². The summed E-state index contributed by atoms with van der Waals surface area (Å²) in [7, 11) is 2.43. The van der Waals surface area contributed by atoms with Crippen LogP contribution in [0.1, 0.15) is 32.1 Å². The molecular weight excluding hydrogens is 146 g/mol. The lowest BCUT2D eigenvalue weighted by Crippen LogP contribution is -2.55. The summed E-state index contributed by atoms with van der Waals surface area (Å²) in [6, 6.07) is 1.92. The molecule has 2 unspecified atom stereocenters. The number of likely N-dealkylation sites (N-methyl/N-ethyl adjacent to an activating group) is 1. The Morgan fingerprint density at radius 3 is 2.33 bits per heavy atom. The summed E-state index contributed by atoms with van der Waals surface area (Å²) in [5.41, 5.74) is 0. The molecule has 1 heteroatoms. The third kappa shape index (κ3) is 1.03. The fraction of sp³-hybridized carbons (Fsp3) is 0.818. The molecule has 2 fully saturated rings. The van der Waals surface area contributed by atoms with Gasteiger partial charge in [0.05, 0.1) is 25.7 Å². The number of hydrogen-bond acceptors (Lipinski definition) is 0. The highest BCUT2D eigenvalue weighted by Crippen LogP contribution is 2.40. The zero-order chi connectivity index (χ0) is 8.60. The summed E-state index contributed by atoms with van der Waals surface area (Å²) >= 11 is 0.